The van der Waals surface area contributed by atoms with Gasteiger partial charge in [0.1, 0.15) is 0 Å². The van der Waals surface area contributed by atoms with E-state index in [0.717, 1.165) is 23.9 Å². The zero-order valence-electron chi connectivity index (χ0n) is 10.6. The van der Waals surface area contributed by atoms with Gasteiger partial charge in [0.15, 0.2) is 0 Å². The molecule has 0 aromatic heterocycles. The van der Waals surface area contributed by atoms with Crippen LogP contribution in [0.4, 0.5) is 5.69 Å². The van der Waals surface area contributed by atoms with Crippen molar-refractivity contribution in [1.82, 2.24) is 0 Å². The van der Waals surface area contributed by atoms with E-state index in [9.17, 15) is 4.79 Å². The largest absolute Gasteiger partial charge is 0.478 e. The summed E-state index contributed by atoms with van der Waals surface area (Å²) in [5, 5.41) is 8.53. The molecule has 1 aromatic rings. The van der Waals surface area contributed by atoms with Crippen LogP contribution in [0.25, 0.3) is 6.08 Å². The lowest BCUT2D eigenvalue weighted by molar-refractivity contribution is -0.131. The molecule has 0 saturated heterocycles. The molecule has 17 heavy (non-hydrogen) atoms. The van der Waals surface area contributed by atoms with Gasteiger partial charge in [-0.3, -0.25) is 0 Å². The molecule has 0 spiro atoms. The molecule has 0 heterocycles. The fourth-order valence-electron chi connectivity index (χ4n) is 1.79. The van der Waals surface area contributed by atoms with Gasteiger partial charge in [-0.25, -0.2) is 4.79 Å². The highest BCUT2D eigenvalue weighted by atomic mass is 16.4. The highest BCUT2D eigenvalue weighted by molar-refractivity contribution is 5.85. The van der Waals surface area contributed by atoms with E-state index in [1.165, 1.54) is 0 Å². The van der Waals surface area contributed by atoms with Crippen LogP contribution in [0.2, 0.25) is 0 Å². The van der Waals surface area contributed by atoms with E-state index in [2.05, 4.69) is 25.7 Å². The van der Waals surface area contributed by atoms with E-state index >= 15 is 0 Å². The molecule has 0 unspecified atom stereocenters. The van der Waals surface area contributed by atoms with Crippen LogP contribution in [0.3, 0.4) is 0 Å². The predicted molar refractivity (Wildman–Crippen MR) is 71.3 cm³/mol. The minimum Gasteiger partial charge on any atom is -0.478 e. The Morgan fingerprint density at radius 3 is 2.35 bits per heavy atom. The van der Waals surface area contributed by atoms with Crippen LogP contribution in [0.5, 0.6) is 0 Å². The van der Waals surface area contributed by atoms with Crippen molar-refractivity contribution in [1.29, 1.82) is 0 Å². The van der Waals surface area contributed by atoms with Crippen LogP contribution < -0.4 is 4.90 Å². The first-order valence-corrected chi connectivity index (χ1v) is 5.82. The highest BCUT2D eigenvalue weighted by Crippen LogP contribution is 2.18. The molecule has 92 valence electrons. The number of benzene rings is 1. The number of aliphatic carboxylic acids is 1. The standard InChI is InChI=1S/C14H19NO2/c1-4-15(11(2)3)13-8-5-12(6-9-13)7-10-14(16)17/h5-11H,4H2,1-3H3,(H,16,17)/b10-7+. The number of hydrogen-bond acceptors (Lipinski definition) is 2. The Morgan fingerprint density at radius 2 is 1.94 bits per heavy atom. The Bertz CT molecular complexity index is 393. The highest BCUT2D eigenvalue weighted by Gasteiger charge is 2.07. The number of hydrogen-bond donors (Lipinski definition) is 1. The van der Waals surface area contributed by atoms with Crippen molar-refractivity contribution in [2.45, 2.75) is 26.8 Å². The number of carboxylic acid groups (broad SMARTS) is 1. The molecule has 0 amide bonds. The van der Waals surface area contributed by atoms with Crippen molar-refractivity contribution < 1.29 is 9.90 Å². The molecule has 0 saturated carbocycles. The molecule has 1 rings (SSSR count). The lowest BCUT2D eigenvalue weighted by Crippen LogP contribution is -2.30. The summed E-state index contributed by atoms with van der Waals surface area (Å²) >= 11 is 0. The monoisotopic (exact) mass is 233 g/mol. The molecule has 1 N–H and O–H groups in total. The van der Waals surface area contributed by atoms with E-state index in [1.54, 1.807) is 6.08 Å². The maximum absolute atomic E-state index is 10.4. The van der Waals surface area contributed by atoms with Gasteiger partial charge in [-0.05, 0) is 44.5 Å². The third-order valence-electron chi connectivity index (χ3n) is 2.61. The second-order valence-corrected chi connectivity index (χ2v) is 4.14. The second kappa shape index (κ2) is 6.09. The van der Waals surface area contributed by atoms with Crippen molar-refractivity contribution in [3.63, 3.8) is 0 Å². The molecule has 0 radical (unpaired) electrons. The molecule has 0 aliphatic rings. The number of carboxylic acids is 1. The Balaban J connectivity index is 2.83. The Hall–Kier alpha value is -1.77. The zero-order valence-corrected chi connectivity index (χ0v) is 10.6. The normalized spacial score (nSPS) is 11.1. The summed E-state index contributed by atoms with van der Waals surface area (Å²) in [6.45, 7) is 7.39. The molecular weight excluding hydrogens is 214 g/mol. The van der Waals surface area contributed by atoms with Gasteiger partial charge >= 0.3 is 5.97 Å². The smallest absolute Gasteiger partial charge is 0.328 e. The Labute approximate surface area is 102 Å². The molecule has 0 bridgehead atoms. The van der Waals surface area contributed by atoms with Gasteiger partial charge in [-0.1, -0.05) is 12.1 Å². The summed E-state index contributed by atoms with van der Waals surface area (Å²) < 4.78 is 0. The maximum Gasteiger partial charge on any atom is 0.328 e. The quantitative estimate of drug-likeness (QED) is 0.795. The topological polar surface area (TPSA) is 40.5 Å². The number of nitrogens with zero attached hydrogens (tertiary/aromatic N) is 1. The van der Waals surface area contributed by atoms with Gasteiger partial charge in [0, 0.05) is 24.4 Å². The van der Waals surface area contributed by atoms with Crippen LogP contribution >= 0.6 is 0 Å². The summed E-state index contributed by atoms with van der Waals surface area (Å²) in [5.41, 5.74) is 2.06. The van der Waals surface area contributed by atoms with Gasteiger partial charge in [-0.15, -0.1) is 0 Å². The van der Waals surface area contributed by atoms with Crippen molar-refractivity contribution in [3.8, 4) is 0 Å². The minimum absolute atomic E-state index is 0.459. The third-order valence-corrected chi connectivity index (χ3v) is 2.61. The van der Waals surface area contributed by atoms with Crippen LogP contribution in [-0.4, -0.2) is 23.7 Å². The van der Waals surface area contributed by atoms with E-state index in [1.807, 2.05) is 24.3 Å². The molecule has 0 aliphatic carbocycles. The molecule has 3 heteroatoms. The van der Waals surface area contributed by atoms with Crippen molar-refractivity contribution >= 4 is 17.7 Å². The lowest BCUT2D eigenvalue weighted by atomic mass is 10.1. The Morgan fingerprint density at radius 1 is 1.35 bits per heavy atom. The molecular formula is C14H19NO2. The van der Waals surface area contributed by atoms with E-state index in [-0.39, 0.29) is 0 Å². The lowest BCUT2D eigenvalue weighted by Gasteiger charge is -2.27. The van der Waals surface area contributed by atoms with Gasteiger partial charge in [-0.2, -0.15) is 0 Å². The fourth-order valence-corrected chi connectivity index (χ4v) is 1.79. The molecule has 0 aliphatic heterocycles. The first kappa shape index (κ1) is 13.3. The van der Waals surface area contributed by atoms with Gasteiger partial charge < -0.3 is 10.0 Å². The van der Waals surface area contributed by atoms with Crippen LogP contribution in [0.1, 0.15) is 26.3 Å². The second-order valence-electron chi connectivity index (χ2n) is 4.14. The Kier molecular flexibility index (Phi) is 4.76. The summed E-state index contributed by atoms with van der Waals surface area (Å²) in [6.07, 6.45) is 2.74. The zero-order chi connectivity index (χ0) is 12.8. The van der Waals surface area contributed by atoms with Crippen LogP contribution in [0, 0.1) is 0 Å². The number of anilines is 1. The molecule has 0 atom stereocenters. The van der Waals surface area contributed by atoms with E-state index in [4.69, 9.17) is 5.11 Å². The van der Waals surface area contributed by atoms with Crippen LogP contribution in [0.15, 0.2) is 30.3 Å². The van der Waals surface area contributed by atoms with Gasteiger partial charge in [0.25, 0.3) is 0 Å². The SMILES string of the molecule is CCN(c1ccc(/C=C/C(=O)O)cc1)C(C)C. The van der Waals surface area contributed by atoms with E-state index in [0.29, 0.717) is 6.04 Å². The van der Waals surface area contributed by atoms with Crippen LogP contribution in [-0.2, 0) is 4.79 Å². The average Bonchev–Trinajstić information content (AvgIpc) is 2.28. The summed E-state index contributed by atoms with van der Waals surface area (Å²) in [6, 6.07) is 8.36. The summed E-state index contributed by atoms with van der Waals surface area (Å²) in [4.78, 5) is 12.7. The molecule has 0 fully saturated rings. The van der Waals surface area contributed by atoms with Crippen molar-refractivity contribution in [2.24, 2.45) is 0 Å². The van der Waals surface area contributed by atoms with Crippen molar-refractivity contribution in [2.75, 3.05) is 11.4 Å². The first-order chi connectivity index (χ1) is 8.04. The number of carbonyl (C=O) groups is 1. The maximum atomic E-state index is 10.4. The van der Waals surface area contributed by atoms with E-state index < -0.39 is 5.97 Å². The predicted octanol–water partition coefficient (Wildman–Crippen LogP) is 3.02. The minimum atomic E-state index is -0.925. The van der Waals surface area contributed by atoms with Crippen molar-refractivity contribution in [3.05, 3.63) is 35.9 Å². The number of rotatable bonds is 5. The third kappa shape index (κ3) is 3.94. The van der Waals surface area contributed by atoms with Gasteiger partial charge in [0.05, 0.1) is 0 Å². The average molecular weight is 233 g/mol. The van der Waals surface area contributed by atoms with Gasteiger partial charge in [0.2, 0.25) is 0 Å². The fraction of sp³-hybridized carbons (Fsp3) is 0.357. The molecule has 3 nitrogen and oxygen atoms in total. The summed E-state index contributed by atoms with van der Waals surface area (Å²) in [5.74, 6) is -0.925. The summed E-state index contributed by atoms with van der Waals surface area (Å²) in [7, 11) is 0. The first-order valence-electron chi connectivity index (χ1n) is 5.82. The molecule has 1 aromatic carbocycles.